The first-order chi connectivity index (χ1) is 13.2. The van der Waals surface area contributed by atoms with Crippen LogP contribution in [-0.2, 0) is 11.3 Å². The molecule has 1 amide bonds. The summed E-state index contributed by atoms with van der Waals surface area (Å²) in [4.78, 5) is 30.2. The monoisotopic (exact) mass is 381 g/mol. The van der Waals surface area contributed by atoms with E-state index < -0.39 is 11.1 Å². The number of benzene rings is 2. The second-order valence-electron chi connectivity index (χ2n) is 7.56. The van der Waals surface area contributed by atoms with Gasteiger partial charge in [0.1, 0.15) is 23.9 Å². The van der Waals surface area contributed by atoms with Crippen molar-refractivity contribution in [1.82, 2.24) is 14.9 Å². The van der Waals surface area contributed by atoms with Gasteiger partial charge in [-0.25, -0.2) is 4.98 Å². The predicted octanol–water partition coefficient (Wildman–Crippen LogP) is 2.69. The van der Waals surface area contributed by atoms with Gasteiger partial charge in [0.05, 0.1) is 18.0 Å². The molecule has 7 heteroatoms. The fourth-order valence-electron chi connectivity index (χ4n) is 2.94. The minimum Gasteiger partial charge on any atom is -0.508 e. The Balaban J connectivity index is 2.21. The number of aromatic hydroxyl groups is 1. The Morgan fingerprint density at radius 1 is 1.21 bits per heavy atom. The number of hydrogen-bond acceptors (Lipinski definition) is 5. The fourth-order valence-corrected chi connectivity index (χ4v) is 2.94. The van der Waals surface area contributed by atoms with E-state index in [0.717, 1.165) is 0 Å². The number of fused-ring (bicyclic) bond motifs is 1. The number of nitrogens with one attached hydrogen (secondary N) is 1. The standard InChI is InChI=1S/C21H23N3O4/c1-21(2,3)23-18(26)12-24-19(13-6-5-7-15(10-13)28-4)22-17-9-8-14(25)11-16(17)20(24)27/h5-11,25H,12H2,1-4H3,(H,23,26). The molecule has 2 N–H and O–H groups in total. The van der Waals surface area contributed by atoms with Gasteiger partial charge >= 0.3 is 0 Å². The van der Waals surface area contributed by atoms with E-state index in [1.54, 1.807) is 37.4 Å². The molecule has 0 saturated heterocycles. The Morgan fingerprint density at radius 3 is 2.64 bits per heavy atom. The maximum Gasteiger partial charge on any atom is 0.262 e. The van der Waals surface area contributed by atoms with Crippen LogP contribution >= 0.6 is 0 Å². The van der Waals surface area contributed by atoms with Crippen molar-refractivity contribution >= 4 is 16.8 Å². The molecule has 0 saturated carbocycles. The second-order valence-corrected chi connectivity index (χ2v) is 7.56. The average molecular weight is 381 g/mol. The number of hydrogen-bond donors (Lipinski definition) is 2. The van der Waals surface area contributed by atoms with Crippen LogP contribution in [0, 0.1) is 0 Å². The summed E-state index contributed by atoms with van der Waals surface area (Å²) in [7, 11) is 1.56. The summed E-state index contributed by atoms with van der Waals surface area (Å²) in [6.07, 6.45) is 0. The number of amides is 1. The molecule has 1 heterocycles. The van der Waals surface area contributed by atoms with Gasteiger partial charge in [0.25, 0.3) is 5.56 Å². The van der Waals surface area contributed by atoms with Crippen molar-refractivity contribution in [3.8, 4) is 22.9 Å². The molecule has 0 aliphatic carbocycles. The van der Waals surface area contributed by atoms with Gasteiger partial charge in [-0.1, -0.05) is 12.1 Å². The van der Waals surface area contributed by atoms with E-state index in [0.29, 0.717) is 22.7 Å². The lowest BCUT2D eigenvalue weighted by Crippen LogP contribution is -2.43. The van der Waals surface area contributed by atoms with E-state index in [9.17, 15) is 14.7 Å². The van der Waals surface area contributed by atoms with Crippen molar-refractivity contribution in [2.24, 2.45) is 0 Å². The summed E-state index contributed by atoms with van der Waals surface area (Å²) >= 11 is 0. The van der Waals surface area contributed by atoms with Crippen molar-refractivity contribution < 1.29 is 14.6 Å². The number of nitrogens with zero attached hydrogens (tertiary/aromatic N) is 2. The highest BCUT2D eigenvalue weighted by Crippen LogP contribution is 2.24. The van der Waals surface area contributed by atoms with E-state index in [4.69, 9.17) is 4.74 Å². The Kier molecular flexibility index (Phi) is 5.09. The lowest BCUT2D eigenvalue weighted by molar-refractivity contribution is -0.123. The van der Waals surface area contributed by atoms with E-state index in [1.807, 2.05) is 20.8 Å². The highest BCUT2D eigenvalue weighted by atomic mass is 16.5. The SMILES string of the molecule is COc1cccc(-c2nc3ccc(O)cc3c(=O)n2CC(=O)NC(C)(C)C)c1. The summed E-state index contributed by atoms with van der Waals surface area (Å²) in [6.45, 7) is 5.41. The van der Waals surface area contributed by atoms with Gasteiger partial charge in [-0.3, -0.25) is 14.2 Å². The number of methoxy groups -OCH3 is 1. The molecule has 7 nitrogen and oxygen atoms in total. The molecule has 28 heavy (non-hydrogen) atoms. The van der Waals surface area contributed by atoms with E-state index in [1.165, 1.54) is 16.7 Å². The van der Waals surface area contributed by atoms with Crippen LogP contribution in [0.15, 0.2) is 47.3 Å². The van der Waals surface area contributed by atoms with Crippen LogP contribution in [0.2, 0.25) is 0 Å². The highest BCUT2D eigenvalue weighted by molar-refractivity contribution is 5.83. The molecule has 0 fully saturated rings. The Bertz CT molecular complexity index is 1100. The molecular weight excluding hydrogens is 358 g/mol. The molecule has 3 aromatic rings. The molecule has 2 aromatic carbocycles. The van der Waals surface area contributed by atoms with E-state index in [2.05, 4.69) is 10.3 Å². The van der Waals surface area contributed by atoms with Gasteiger partial charge in [-0.05, 0) is 51.1 Å². The third-order valence-corrected chi connectivity index (χ3v) is 4.08. The van der Waals surface area contributed by atoms with Crippen molar-refractivity contribution in [3.05, 3.63) is 52.8 Å². The Morgan fingerprint density at radius 2 is 1.96 bits per heavy atom. The largest absolute Gasteiger partial charge is 0.508 e. The summed E-state index contributed by atoms with van der Waals surface area (Å²) < 4.78 is 6.59. The molecule has 0 unspecified atom stereocenters. The van der Waals surface area contributed by atoms with Gasteiger partial charge in [-0.15, -0.1) is 0 Å². The lowest BCUT2D eigenvalue weighted by atomic mass is 10.1. The first-order valence-corrected chi connectivity index (χ1v) is 8.87. The number of phenolic OH excluding ortho intramolecular Hbond substituents is 1. The molecule has 0 bridgehead atoms. The van der Waals surface area contributed by atoms with Crippen molar-refractivity contribution in [2.75, 3.05) is 7.11 Å². The van der Waals surface area contributed by atoms with E-state index in [-0.39, 0.29) is 23.6 Å². The molecule has 0 radical (unpaired) electrons. The van der Waals surface area contributed by atoms with Crippen molar-refractivity contribution in [2.45, 2.75) is 32.9 Å². The first-order valence-electron chi connectivity index (χ1n) is 8.87. The fraction of sp³-hybridized carbons (Fsp3) is 0.286. The number of carbonyl (C=O) groups excluding carboxylic acids is 1. The normalized spacial score (nSPS) is 11.4. The highest BCUT2D eigenvalue weighted by Gasteiger charge is 2.19. The van der Waals surface area contributed by atoms with Crippen LogP contribution in [0.3, 0.4) is 0 Å². The van der Waals surface area contributed by atoms with Gasteiger partial charge < -0.3 is 15.2 Å². The third kappa shape index (κ3) is 4.14. The quantitative estimate of drug-likeness (QED) is 0.725. The van der Waals surface area contributed by atoms with Gasteiger partial charge in [0.2, 0.25) is 5.91 Å². The molecule has 146 valence electrons. The first kappa shape index (κ1) is 19.4. The smallest absolute Gasteiger partial charge is 0.262 e. The minimum atomic E-state index is -0.431. The zero-order valence-electron chi connectivity index (χ0n) is 16.3. The summed E-state index contributed by atoms with van der Waals surface area (Å²) in [5, 5.41) is 12.9. The number of carbonyl (C=O) groups is 1. The Labute approximate surface area is 162 Å². The maximum atomic E-state index is 13.1. The number of rotatable bonds is 4. The van der Waals surface area contributed by atoms with Crippen LogP contribution in [0.1, 0.15) is 20.8 Å². The molecule has 0 atom stereocenters. The molecule has 0 aliphatic heterocycles. The molecular formula is C21H23N3O4. The number of aromatic nitrogens is 2. The minimum absolute atomic E-state index is 0.0359. The van der Waals surface area contributed by atoms with Gasteiger partial charge in [0, 0.05) is 11.1 Å². The molecule has 3 rings (SSSR count). The van der Waals surface area contributed by atoms with Gasteiger partial charge in [-0.2, -0.15) is 0 Å². The van der Waals surface area contributed by atoms with Crippen molar-refractivity contribution in [3.63, 3.8) is 0 Å². The van der Waals surface area contributed by atoms with Crippen LogP contribution in [0.5, 0.6) is 11.5 Å². The molecule has 0 spiro atoms. The summed E-state index contributed by atoms with van der Waals surface area (Å²) in [5.74, 6) is 0.626. The van der Waals surface area contributed by atoms with Gasteiger partial charge in [0.15, 0.2) is 0 Å². The summed E-state index contributed by atoms with van der Waals surface area (Å²) in [6, 6.07) is 11.5. The lowest BCUT2D eigenvalue weighted by Gasteiger charge is -2.21. The van der Waals surface area contributed by atoms with Crippen LogP contribution in [0.4, 0.5) is 0 Å². The zero-order chi connectivity index (χ0) is 20.5. The molecule has 1 aromatic heterocycles. The zero-order valence-corrected chi connectivity index (χ0v) is 16.3. The maximum absolute atomic E-state index is 13.1. The third-order valence-electron chi connectivity index (χ3n) is 4.08. The number of ether oxygens (including phenoxy) is 1. The topological polar surface area (TPSA) is 93.4 Å². The average Bonchev–Trinajstić information content (AvgIpc) is 2.63. The van der Waals surface area contributed by atoms with Crippen LogP contribution < -0.4 is 15.6 Å². The Hall–Kier alpha value is -3.35. The van der Waals surface area contributed by atoms with Crippen molar-refractivity contribution in [1.29, 1.82) is 0 Å². The molecule has 0 aliphatic rings. The number of phenols is 1. The summed E-state index contributed by atoms with van der Waals surface area (Å²) in [5.41, 5.74) is 0.255. The van der Waals surface area contributed by atoms with E-state index >= 15 is 0 Å². The van der Waals surface area contributed by atoms with Crippen LogP contribution in [-0.4, -0.2) is 33.2 Å². The predicted molar refractivity (Wildman–Crippen MR) is 108 cm³/mol. The van der Waals surface area contributed by atoms with Crippen LogP contribution in [0.25, 0.3) is 22.3 Å². The second kappa shape index (κ2) is 7.34.